The minimum atomic E-state index is -4.37. The van der Waals surface area contributed by atoms with E-state index in [1.54, 1.807) is 30.3 Å². The fraction of sp³-hybridized carbons (Fsp3) is 0.400. The Morgan fingerprint density at radius 2 is 1.80 bits per heavy atom. The van der Waals surface area contributed by atoms with Crippen molar-refractivity contribution >= 4 is 27.8 Å². The number of ether oxygens (including phenoxy) is 1. The molecular weight excluding hydrogens is 352 g/mol. The first-order valence-electron chi connectivity index (χ1n) is 7.43. The molecule has 0 bridgehead atoms. The van der Waals surface area contributed by atoms with Crippen molar-refractivity contribution in [2.45, 2.75) is 25.3 Å². The Morgan fingerprint density at radius 1 is 1.16 bits per heavy atom. The molecule has 1 unspecified atom stereocenters. The number of nitrogens with one attached hydrogen (secondary N) is 1. The number of rotatable bonds is 10. The number of carbonyl (C=O) groups excluding carboxylic acids is 3. The second kappa shape index (κ2) is 9.87. The van der Waals surface area contributed by atoms with Gasteiger partial charge >= 0.3 is 5.97 Å². The van der Waals surface area contributed by atoms with Crippen LogP contribution in [-0.2, 0) is 24.5 Å². The molecule has 0 aromatic heterocycles. The predicted octanol–water partition coefficient (Wildman–Crippen LogP) is -0.337. The normalized spacial score (nSPS) is 12.2. The molecule has 1 aromatic carbocycles. The molecule has 0 spiro atoms. The third-order valence-corrected chi connectivity index (χ3v) is 3.80. The van der Waals surface area contributed by atoms with E-state index in [1.807, 2.05) is 0 Å². The Kier molecular flexibility index (Phi) is 8.19. The molecule has 1 aromatic rings. The summed E-state index contributed by atoms with van der Waals surface area (Å²) in [5, 5.41) is 2.28. The van der Waals surface area contributed by atoms with Gasteiger partial charge in [0.1, 0.15) is 5.75 Å². The number of benzene rings is 1. The Bertz CT molecular complexity index is 704. The van der Waals surface area contributed by atoms with Gasteiger partial charge in [0.05, 0.1) is 18.3 Å². The number of hydrogen-bond acceptors (Lipinski definition) is 7. The van der Waals surface area contributed by atoms with Crippen LogP contribution in [0.25, 0.3) is 0 Å². The van der Waals surface area contributed by atoms with Gasteiger partial charge in [-0.3, -0.25) is 18.9 Å². The summed E-state index contributed by atoms with van der Waals surface area (Å²) in [6.07, 6.45) is 0.242. The summed E-state index contributed by atoms with van der Waals surface area (Å²) in [6, 6.07) is 7.07. The highest BCUT2D eigenvalue weighted by Crippen LogP contribution is 2.10. The minimum absolute atomic E-state index is 0.00922. The lowest BCUT2D eigenvalue weighted by molar-refractivity contribution is -0.134. The third-order valence-electron chi connectivity index (χ3n) is 3.02. The molecule has 0 heterocycles. The zero-order valence-electron chi connectivity index (χ0n) is 13.4. The molecule has 1 rings (SSSR count). The molecular formula is C15H20N2O7S. The fourth-order valence-electron chi connectivity index (χ4n) is 1.79. The Balaban J connectivity index is 2.22. The number of Topliss-reactive ketones (excluding diaryl/α,β-unsaturated/α-hetero) is 1. The van der Waals surface area contributed by atoms with Crippen molar-refractivity contribution in [2.24, 2.45) is 5.73 Å². The van der Waals surface area contributed by atoms with Crippen LogP contribution in [0, 0.1) is 0 Å². The molecule has 0 saturated heterocycles. The highest BCUT2D eigenvalue weighted by molar-refractivity contribution is 7.85. The quantitative estimate of drug-likeness (QED) is 0.286. The number of esters is 1. The molecule has 0 aliphatic carbocycles. The maximum atomic E-state index is 11.6. The summed E-state index contributed by atoms with van der Waals surface area (Å²) < 4.78 is 34.9. The van der Waals surface area contributed by atoms with E-state index in [0.717, 1.165) is 0 Å². The monoisotopic (exact) mass is 372 g/mol. The van der Waals surface area contributed by atoms with E-state index in [4.69, 9.17) is 15.0 Å². The van der Waals surface area contributed by atoms with E-state index in [1.165, 1.54) is 0 Å². The van der Waals surface area contributed by atoms with Crippen LogP contribution in [-0.4, -0.2) is 49.0 Å². The van der Waals surface area contributed by atoms with E-state index >= 15 is 0 Å². The van der Waals surface area contributed by atoms with E-state index in [2.05, 4.69) is 5.32 Å². The molecule has 138 valence electrons. The first-order chi connectivity index (χ1) is 11.7. The second-order valence-electron chi connectivity index (χ2n) is 5.24. The molecule has 1 amide bonds. The molecule has 10 heteroatoms. The van der Waals surface area contributed by atoms with Crippen molar-refractivity contribution in [3.05, 3.63) is 30.3 Å². The Morgan fingerprint density at radius 3 is 2.40 bits per heavy atom. The smallest absolute Gasteiger partial charge is 0.311 e. The van der Waals surface area contributed by atoms with Crippen LogP contribution in [0.3, 0.4) is 0 Å². The van der Waals surface area contributed by atoms with Crippen LogP contribution in [0.2, 0.25) is 0 Å². The van der Waals surface area contributed by atoms with E-state index in [-0.39, 0.29) is 19.3 Å². The van der Waals surface area contributed by atoms with E-state index in [9.17, 15) is 22.8 Å². The number of hydrogen-bond donors (Lipinski definition) is 3. The molecule has 25 heavy (non-hydrogen) atoms. The molecule has 0 aliphatic heterocycles. The first-order valence-corrected chi connectivity index (χ1v) is 9.04. The lowest BCUT2D eigenvalue weighted by atomic mass is 10.2. The van der Waals surface area contributed by atoms with Gasteiger partial charge in [-0.25, -0.2) is 0 Å². The summed E-state index contributed by atoms with van der Waals surface area (Å²) >= 11 is 0. The third kappa shape index (κ3) is 9.55. The largest absolute Gasteiger partial charge is 0.427 e. The molecule has 0 aliphatic rings. The minimum Gasteiger partial charge on any atom is -0.427 e. The number of para-hydroxylation sites is 1. The highest BCUT2D eigenvalue weighted by Gasteiger charge is 2.20. The van der Waals surface area contributed by atoms with Gasteiger partial charge in [0.15, 0.2) is 5.78 Å². The fourth-order valence-corrected chi connectivity index (χ4v) is 2.43. The van der Waals surface area contributed by atoms with Crippen LogP contribution < -0.4 is 15.8 Å². The SMILES string of the molecule is NC(CS(=O)(=O)O)C(=O)CNC(=O)CCCC(=O)Oc1ccccc1. The highest BCUT2D eigenvalue weighted by atomic mass is 32.2. The molecule has 9 nitrogen and oxygen atoms in total. The molecule has 0 saturated carbocycles. The summed E-state index contributed by atoms with van der Waals surface area (Å²) in [5.41, 5.74) is 5.30. The van der Waals surface area contributed by atoms with E-state index < -0.39 is 46.1 Å². The number of nitrogens with two attached hydrogens (primary N) is 1. The number of carbonyl (C=O) groups is 3. The van der Waals surface area contributed by atoms with Gasteiger partial charge in [-0.15, -0.1) is 0 Å². The van der Waals surface area contributed by atoms with Crippen molar-refractivity contribution in [1.29, 1.82) is 0 Å². The first kappa shape index (κ1) is 20.7. The van der Waals surface area contributed by atoms with Crippen LogP contribution in [0.1, 0.15) is 19.3 Å². The molecule has 4 N–H and O–H groups in total. The maximum absolute atomic E-state index is 11.6. The maximum Gasteiger partial charge on any atom is 0.311 e. The van der Waals surface area contributed by atoms with E-state index in [0.29, 0.717) is 5.75 Å². The zero-order chi connectivity index (χ0) is 18.9. The van der Waals surface area contributed by atoms with Gasteiger partial charge in [0, 0.05) is 12.8 Å². The molecule has 1 atom stereocenters. The second-order valence-corrected chi connectivity index (χ2v) is 6.74. The van der Waals surface area contributed by atoms with Gasteiger partial charge in [0.2, 0.25) is 5.91 Å². The van der Waals surface area contributed by atoms with Gasteiger partial charge in [-0.2, -0.15) is 8.42 Å². The van der Waals surface area contributed by atoms with Gasteiger partial charge in [-0.1, -0.05) is 18.2 Å². The summed E-state index contributed by atoms with van der Waals surface area (Å²) in [4.78, 5) is 34.7. The lowest BCUT2D eigenvalue weighted by Gasteiger charge is -2.09. The van der Waals surface area contributed by atoms with Crippen LogP contribution in [0.5, 0.6) is 5.75 Å². The van der Waals surface area contributed by atoms with Crippen molar-refractivity contribution in [1.82, 2.24) is 5.32 Å². The van der Waals surface area contributed by atoms with Gasteiger partial charge < -0.3 is 15.8 Å². The summed E-state index contributed by atoms with van der Waals surface area (Å²) in [6.45, 7) is -0.454. The van der Waals surface area contributed by atoms with Crippen molar-refractivity contribution in [3.63, 3.8) is 0 Å². The topological polar surface area (TPSA) is 153 Å². The predicted molar refractivity (Wildman–Crippen MR) is 88.3 cm³/mol. The lowest BCUT2D eigenvalue weighted by Crippen LogP contribution is -2.43. The Labute approximate surface area is 145 Å². The van der Waals surface area contributed by atoms with Crippen molar-refractivity contribution < 1.29 is 32.1 Å². The zero-order valence-corrected chi connectivity index (χ0v) is 14.2. The van der Waals surface area contributed by atoms with Crippen molar-refractivity contribution in [3.8, 4) is 5.75 Å². The van der Waals surface area contributed by atoms with Crippen LogP contribution in [0.4, 0.5) is 0 Å². The van der Waals surface area contributed by atoms with Crippen molar-refractivity contribution in [2.75, 3.05) is 12.3 Å². The molecule has 0 fully saturated rings. The summed E-state index contributed by atoms with van der Waals surface area (Å²) in [7, 11) is -4.37. The van der Waals surface area contributed by atoms with Gasteiger partial charge in [-0.05, 0) is 18.6 Å². The summed E-state index contributed by atoms with van der Waals surface area (Å²) in [5.74, 6) is -2.19. The van der Waals surface area contributed by atoms with Gasteiger partial charge in [0.25, 0.3) is 10.1 Å². The average Bonchev–Trinajstić information content (AvgIpc) is 2.51. The number of amides is 1. The van der Waals surface area contributed by atoms with Crippen LogP contribution >= 0.6 is 0 Å². The number of ketones is 1. The average molecular weight is 372 g/mol. The standard InChI is InChI=1S/C15H20N2O7S/c16-12(10-25(21,22)23)13(18)9-17-14(19)7-4-8-15(20)24-11-5-2-1-3-6-11/h1-3,5-6,12H,4,7-10,16H2,(H,17,19)(H,21,22,23). The van der Waals surface area contributed by atoms with Crippen LogP contribution in [0.15, 0.2) is 30.3 Å². The Hall–Kier alpha value is -2.30. The molecule has 0 radical (unpaired) electrons.